The van der Waals surface area contributed by atoms with Crippen molar-refractivity contribution in [2.45, 2.75) is 20.8 Å². The second-order valence-corrected chi connectivity index (χ2v) is 6.73. The molecule has 1 aromatic heterocycles. The number of nitrogens with zero attached hydrogens (tertiary/aromatic N) is 2. The van der Waals surface area contributed by atoms with Crippen LogP contribution in [0.2, 0.25) is 0 Å². The summed E-state index contributed by atoms with van der Waals surface area (Å²) in [7, 11) is 1.58. The van der Waals surface area contributed by atoms with E-state index in [-0.39, 0.29) is 11.9 Å². The molecule has 160 valence electrons. The fourth-order valence-electron chi connectivity index (χ4n) is 2.90. The van der Waals surface area contributed by atoms with Gasteiger partial charge in [0.1, 0.15) is 5.75 Å². The second kappa shape index (κ2) is 10.2. The number of benzene rings is 2. The van der Waals surface area contributed by atoms with Gasteiger partial charge in [-0.05, 0) is 62.7 Å². The number of carbonyl (C=O) groups is 1. The molecular weight excluding hydrogens is 394 g/mol. The molecule has 0 spiro atoms. The highest BCUT2D eigenvalue weighted by Gasteiger charge is 2.06. The maximum absolute atomic E-state index is 12.3. The fraction of sp³-hybridized carbons (Fsp3) is 0.208. The highest BCUT2D eigenvalue weighted by molar-refractivity contribution is 6.02. The van der Waals surface area contributed by atoms with Crippen LogP contribution in [0.25, 0.3) is 6.08 Å². The number of anilines is 1. The summed E-state index contributed by atoms with van der Waals surface area (Å²) in [5.41, 5.74) is 3.06. The molecule has 1 heterocycles. The Labute approximate surface area is 181 Å². The monoisotopic (exact) mass is 419 g/mol. The first-order valence-electron chi connectivity index (χ1n) is 9.87. The van der Waals surface area contributed by atoms with Crippen LogP contribution in [0.4, 0.5) is 5.69 Å². The van der Waals surface area contributed by atoms with Crippen LogP contribution in [-0.2, 0) is 4.79 Å². The van der Waals surface area contributed by atoms with Crippen molar-refractivity contribution in [3.8, 4) is 23.3 Å². The van der Waals surface area contributed by atoms with Gasteiger partial charge in [-0.15, -0.1) is 0 Å². The lowest BCUT2D eigenvalue weighted by Crippen LogP contribution is -2.07. The van der Waals surface area contributed by atoms with Gasteiger partial charge < -0.3 is 19.5 Å². The number of methoxy groups -OCH3 is 1. The number of aryl methyl sites for hydroxylation is 2. The van der Waals surface area contributed by atoms with E-state index in [9.17, 15) is 4.79 Å². The number of nitrogens with one attached hydrogen (secondary N) is 1. The Kier molecular flexibility index (Phi) is 7.22. The molecule has 1 amide bonds. The molecule has 3 aromatic rings. The minimum atomic E-state index is -0.271. The van der Waals surface area contributed by atoms with Crippen molar-refractivity contribution in [2.75, 3.05) is 19.0 Å². The van der Waals surface area contributed by atoms with Crippen LogP contribution >= 0.6 is 0 Å². The summed E-state index contributed by atoms with van der Waals surface area (Å²) < 4.78 is 16.6. The third-order valence-corrected chi connectivity index (χ3v) is 4.19. The molecule has 0 aliphatic carbocycles. The smallest absolute Gasteiger partial charge is 0.322 e. The predicted octanol–water partition coefficient (Wildman–Crippen LogP) is 4.94. The van der Waals surface area contributed by atoms with Crippen LogP contribution in [0.1, 0.15) is 23.9 Å². The average molecular weight is 419 g/mol. The number of carbonyl (C=O) groups excluding carboxylic acids is 1. The van der Waals surface area contributed by atoms with Gasteiger partial charge in [0.25, 0.3) is 0 Å². The number of hydrogen-bond donors (Lipinski definition) is 1. The first-order chi connectivity index (χ1) is 15.0. The molecule has 2 aromatic carbocycles. The number of hydrogen-bond acceptors (Lipinski definition) is 6. The molecule has 0 atom stereocenters. The second-order valence-electron chi connectivity index (χ2n) is 6.73. The first kappa shape index (κ1) is 21.8. The number of rotatable bonds is 8. The zero-order valence-corrected chi connectivity index (χ0v) is 18.0. The van der Waals surface area contributed by atoms with Crippen molar-refractivity contribution in [1.82, 2.24) is 9.97 Å². The SMILES string of the molecule is CCOc1ccc(/C=C/C(=O)Nc2cccc(Oc3nc(C)cc(C)n3)c2)cc1OC. The van der Waals surface area contributed by atoms with Gasteiger partial charge in [0.15, 0.2) is 11.5 Å². The third kappa shape index (κ3) is 6.30. The molecule has 1 N–H and O–H groups in total. The molecule has 31 heavy (non-hydrogen) atoms. The van der Waals surface area contributed by atoms with E-state index >= 15 is 0 Å². The minimum Gasteiger partial charge on any atom is -0.493 e. The topological polar surface area (TPSA) is 82.6 Å². The van der Waals surface area contributed by atoms with Gasteiger partial charge in [0.05, 0.1) is 13.7 Å². The van der Waals surface area contributed by atoms with Crippen LogP contribution in [0.15, 0.2) is 54.6 Å². The van der Waals surface area contributed by atoms with E-state index in [1.807, 2.05) is 45.0 Å². The Morgan fingerprint density at radius 3 is 2.52 bits per heavy atom. The van der Waals surface area contributed by atoms with Crippen molar-refractivity contribution in [1.29, 1.82) is 0 Å². The van der Waals surface area contributed by atoms with Crippen LogP contribution in [0.5, 0.6) is 23.3 Å². The normalized spacial score (nSPS) is 10.7. The molecular formula is C24H25N3O4. The Balaban J connectivity index is 1.66. The molecule has 7 heteroatoms. The lowest BCUT2D eigenvalue weighted by atomic mass is 10.2. The van der Waals surface area contributed by atoms with E-state index in [4.69, 9.17) is 14.2 Å². The summed E-state index contributed by atoms with van der Waals surface area (Å²) in [4.78, 5) is 20.9. The largest absolute Gasteiger partial charge is 0.493 e. The highest BCUT2D eigenvalue weighted by Crippen LogP contribution is 2.28. The summed E-state index contributed by atoms with van der Waals surface area (Å²) in [6.07, 6.45) is 3.16. The van der Waals surface area contributed by atoms with Gasteiger partial charge in [-0.2, -0.15) is 0 Å². The molecule has 0 bridgehead atoms. The summed E-state index contributed by atoms with van der Waals surface area (Å²) in [5.74, 6) is 1.54. The standard InChI is InChI=1S/C24H25N3O4/c1-5-30-21-11-9-18(14-22(21)29-4)10-12-23(28)27-19-7-6-8-20(15-19)31-24-25-16(2)13-17(3)26-24/h6-15H,5H2,1-4H3,(H,27,28)/b12-10+. The van der Waals surface area contributed by atoms with Crippen molar-refractivity contribution in [3.05, 3.63) is 71.6 Å². The van der Waals surface area contributed by atoms with E-state index < -0.39 is 0 Å². The Bertz CT molecular complexity index is 1080. The molecule has 0 aliphatic rings. The zero-order valence-electron chi connectivity index (χ0n) is 18.0. The van der Waals surface area contributed by atoms with Gasteiger partial charge >= 0.3 is 6.01 Å². The molecule has 0 radical (unpaired) electrons. The molecule has 7 nitrogen and oxygen atoms in total. The van der Waals surface area contributed by atoms with E-state index in [0.717, 1.165) is 17.0 Å². The minimum absolute atomic E-state index is 0.269. The molecule has 0 saturated carbocycles. The van der Waals surface area contributed by atoms with Gasteiger partial charge in [-0.25, -0.2) is 9.97 Å². The Hall–Kier alpha value is -3.87. The summed E-state index contributed by atoms with van der Waals surface area (Å²) in [5, 5.41) is 2.82. The Morgan fingerprint density at radius 1 is 1.03 bits per heavy atom. The molecule has 3 rings (SSSR count). The number of ether oxygens (including phenoxy) is 3. The van der Waals surface area contributed by atoms with E-state index in [2.05, 4.69) is 15.3 Å². The maximum atomic E-state index is 12.3. The van der Waals surface area contributed by atoms with Crippen LogP contribution in [0.3, 0.4) is 0 Å². The number of aromatic nitrogens is 2. The van der Waals surface area contributed by atoms with E-state index in [1.165, 1.54) is 6.08 Å². The summed E-state index contributed by atoms with van der Waals surface area (Å²) in [6, 6.07) is 14.7. The first-order valence-corrected chi connectivity index (χ1v) is 9.87. The van der Waals surface area contributed by atoms with Crippen LogP contribution < -0.4 is 19.5 Å². The van der Waals surface area contributed by atoms with Crippen molar-refractivity contribution in [3.63, 3.8) is 0 Å². The van der Waals surface area contributed by atoms with Crippen molar-refractivity contribution < 1.29 is 19.0 Å². The van der Waals surface area contributed by atoms with Gasteiger partial charge in [-0.3, -0.25) is 4.79 Å². The van der Waals surface area contributed by atoms with E-state index in [1.54, 1.807) is 37.5 Å². The molecule has 0 aliphatic heterocycles. The molecule has 0 fully saturated rings. The fourth-order valence-corrected chi connectivity index (χ4v) is 2.90. The lowest BCUT2D eigenvalue weighted by molar-refractivity contribution is -0.111. The Morgan fingerprint density at radius 2 is 1.81 bits per heavy atom. The summed E-state index contributed by atoms with van der Waals surface area (Å²) in [6.45, 7) is 6.22. The lowest BCUT2D eigenvalue weighted by Gasteiger charge is -2.09. The number of amides is 1. The quantitative estimate of drug-likeness (QED) is 0.521. The van der Waals surface area contributed by atoms with Gasteiger partial charge in [0, 0.05) is 29.2 Å². The molecule has 0 unspecified atom stereocenters. The average Bonchev–Trinajstić information content (AvgIpc) is 2.72. The van der Waals surface area contributed by atoms with Crippen molar-refractivity contribution in [2.24, 2.45) is 0 Å². The third-order valence-electron chi connectivity index (χ3n) is 4.19. The van der Waals surface area contributed by atoms with E-state index in [0.29, 0.717) is 29.5 Å². The zero-order chi connectivity index (χ0) is 22.2. The van der Waals surface area contributed by atoms with Gasteiger partial charge in [-0.1, -0.05) is 12.1 Å². The van der Waals surface area contributed by atoms with Gasteiger partial charge in [0.2, 0.25) is 5.91 Å². The van der Waals surface area contributed by atoms with Crippen LogP contribution in [-0.4, -0.2) is 29.6 Å². The van der Waals surface area contributed by atoms with Crippen LogP contribution in [0, 0.1) is 13.8 Å². The van der Waals surface area contributed by atoms with Crippen molar-refractivity contribution >= 4 is 17.7 Å². The highest BCUT2D eigenvalue weighted by atomic mass is 16.5. The maximum Gasteiger partial charge on any atom is 0.322 e. The molecule has 0 saturated heterocycles. The summed E-state index contributed by atoms with van der Waals surface area (Å²) >= 11 is 0. The predicted molar refractivity (Wildman–Crippen MR) is 120 cm³/mol.